The van der Waals surface area contributed by atoms with Crippen molar-refractivity contribution in [2.45, 2.75) is 51.4 Å². The van der Waals surface area contributed by atoms with E-state index in [0.717, 1.165) is 5.92 Å². The molecule has 6 rings (SSSR count). The Morgan fingerprint density at radius 2 is 1.42 bits per heavy atom. The Morgan fingerprint density at radius 3 is 2.12 bits per heavy atom. The van der Waals surface area contributed by atoms with Crippen LogP contribution >= 0.6 is 0 Å². The van der Waals surface area contributed by atoms with E-state index in [2.05, 4.69) is 56.3 Å². The summed E-state index contributed by atoms with van der Waals surface area (Å²) in [4.78, 5) is 5.18. The third kappa shape index (κ3) is 1.97. The van der Waals surface area contributed by atoms with Crippen LogP contribution in [0.4, 0.5) is 0 Å². The first-order valence-corrected chi connectivity index (χ1v) is 9.22. The fourth-order valence-corrected chi connectivity index (χ4v) is 4.90. The predicted octanol–water partition coefficient (Wildman–Crippen LogP) is 6.27. The lowest BCUT2D eigenvalue weighted by atomic mass is 9.65. The fourth-order valence-electron chi connectivity index (χ4n) is 4.90. The number of nitrogens with zero attached hydrogens (tertiary/aromatic N) is 1. The van der Waals surface area contributed by atoms with Gasteiger partial charge in [-0.1, -0.05) is 30.3 Å². The molecule has 24 heavy (non-hydrogen) atoms. The lowest BCUT2D eigenvalue weighted by molar-refractivity contribution is 0.361. The van der Waals surface area contributed by atoms with Gasteiger partial charge in [0.1, 0.15) is 0 Å². The Kier molecular flexibility index (Phi) is 3.06. The summed E-state index contributed by atoms with van der Waals surface area (Å²) in [6.45, 7) is 4.43. The molecule has 0 spiro atoms. The van der Waals surface area contributed by atoms with E-state index in [-0.39, 0.29) is 0 Å². The first-order valence-electron chi connectivity index (χ1n) is 9.22. The standard InChI is InChI=1S/C23H23N/c1-14-12-19-20(13-15(14)2)24-23(18-6-4-3-5-7-18)22-17-10-8-16(9-11-17)21(19)22/h3-7,12-13,16-17H,8-11H2,1-2H3. The molecule has 0 amide bonds. The molecule has 1 heterocycles. The SMILES string of the molecule is Cc1cc2nc(-c3ccccc3)c3c(c2cc1C)C1CCC3CC1. The molecule has 0 unspecified atom stereocenters. The van der Waals surface area contributed by atoms with Gasteiger partial charge < -0.3 is 0 Å². The maximum Gasteiger partial charge on any atom is 0.0747 e. The van der Waals surface area contributed by atoms with E-state index in [4.69, 9.17) is 4.98 Å². The number of fused-ring (bicyclic) bond motifs is 3. The lowest BCUT2D eigenvalue weighted by Crippen LogP contribution is -2.23. The van der Waals surface area contributed by atoms with E-state index in [1.165, 1.54) is 59.0 Å². The summed E-state index contributed by atoms with van der Waals surface area (Å²) in [5.74, 6) is 1.44. The van der Waals surface area contributed by atoms with Crippen LogP contribution in [0.15, 0.2) is 42.5 Å². The largest absolute Gasteiger partial charge is 0.247 e. The van der Waals surface area contributed by atoms with E-state index in [0.29, 0.717) is 5.92 Å². The molecule has 1 aromatic heterocycles. The summed E-state index contributed by atoms with van der Waals surface area (Å²) < 4.78 is 0. The van der Waals surface area contributed by atoms with Gasteiger partial charge in [-0.15, -0.1) is 0 Å². The summed E-state index contributed by atoms with van der Waals surface area (Å²) in [6, 6.07) is 15.5. The summed E-state index contributed by atoms with van der Waals surface area (Å²) in [7, 11) is 0. The van der Waals surface area contributed by atoms with Crippen molar-refractivity contribution in [3.8, 4) is 11.3 Å². The lowest BCUT2D eigenvalue weighted by Gasteiger charge is -2.40. The summed E-state index contributed by atoms with van der Waals surface area (Å²) in [6.07, 6.45) is 5.40. The van der Waals surface area contributed by atoms with Crippen molar-refractivity contribution in [1.82, 2.24) is 4.98 Å². The smallest absolute Gasteiger partial charge is 0.0747 e. The van der Waals surface area contributed by atoms with E-state index in [1.54, 1.807) is 11.1 Å². The highest BCUT2D eigenvalue weighted by Crippen LogP contribution is 2.53. The third-order valence-corrected chi connectivity index (χ3v) is 6.27. The molecule has 0 N–H and O–H groups in total. The molecular formula is C23H23N. The zero-order chi connectivity index (χ0) is 16.3. The number of hydrogen-bond acceptors (Lipinski definition) is 1. The van der Waals surface area contributed by atoms with E-state index >= 15 is 0 Å². The normalized spacial score (nSPS) is 21.9. The zero-order valence-corrected chi connectivity index (χ0v) is 14.5. The third-order valence-electron chi connectivity index (χ3n) is 6.27. The van der Waals surface area contributed by atoms with Gasteiger partial charge >= 0.3 is 0 Å². The molecule has 0 aliphatic heterocycles. The van der Waals surface area contributed by atoms with Gasteiger partial charge in [0.15, 0.2) is 0 Å². The monoisotopic (exact) mass is 313 g/mol. The van der Waals surface area contributed by atoms with Gasteiger partial charge in [-0.05, 0) is 85.8 Å². The topological polar surface area (TPSA) is 12.9 Å². The Balaban J connectivity index is 1.90. The molecule has 1 nitrogen and oxygen atoms in total. The van der Waals surface area contributed by atoms with Crippen LogP contribution < -0.4 is 0 Å². The number of aryl methyl sites for hydroxylation is 2. The van der Waals surface area contributed by atoms with E-state index in [9.17, 15) is 0 Å². The molecule has 0 radical (unpaired) electrons. The van der Waals surface area contributed by atoms with Gasteiger partial charge in [0, 0.05) is 10.9 Å². The van der Waals surface area contributed by atoms with Crippen LogP contribution in [-0.4, -0.2) is 4.98 Å². The maximum atomic E-state index is 5.18. The highest BCUT2D eigenvalue weighted by Gasteiger charge is 2.36. The molecule has 0 saturated heterocycles. The van der Waals surface area contributed by atoms with Crippen LogP contribution in [-0.2, 0) is 0 Å². The predicted molar refractivity (Wildman–Crippen MR) is 101 cm³/mol. The first-order chi connectivity index (χ1) is 11.7. The van der Waals surface area contributed by atoms with Crippen molar-refractivity contribution in [3.05, 3.63) is 64.7 Å². The molecule has 1 saturated carbocycles. The van der Waals surface area contributed by atoms with Crippen LogP contribution in [0.25, 0.3) is 22.2 Å². The summed E-state index contributed by atoms with van der Waals surface area (Å²) in [5.41, 5.74) is 9.64. The molecule has 3 aliphatic rings. The Labute approximate surface area is 143 Å². The highest BCUT2D eigenvalue weighted by atomic mass is 14.7. The molecule has 1 fully saturated rings. The van der Waals surface area contributed by atoms with Crippen LogP contribution in [0.5, 0.6) is 0 Å². The first kappa shape index (κ1) is 14.2. The van der Waals surface area contributed by atoms with Crippen LogP contribution in [0.3, 0.4) is 0 Å². The maximum absolute atomic E-state index is 5.18. The molecule has 3 aliphatic carbocycles. The van der Waals surface area contributed by atoms with Crippen molar-refractivity contribution in [1.29, 1.82) is 0 Å². The number of pyridine rings is 1. The molecule has 120 valence electrons. The van der Waals surface area contributed by atoms with Crippen molar-refractivity contribution in [2.75, 3.05) is 0 Å². The van der Waals surface area contributed by atoms with Gasteiger partial charge in [0.25, 0.3) is 0 Å². The van der Waals surface area contributed by atoms with Crippen molar-refractivity contribution in [2.24, 2.45) is 0 Å². The molecule has 0 atom stereocenters. The minimum Gasteiger partial charge on any atom is -0.247 e. The van der Waals surface area contributed by atoms with Gasteiger partial charge in [-0.25, -0.2) is 4.98 Å². The number of aromatic nitrogens is 1. The van der Waals surface area contributed by atoms with Gasteiger partial charge in [-0.2, -0.15) is 0 Å². The van der Waals surface area contributed by atoms with E-state index < -0.39 is 0 Å². The number of benzene rings is 2. The Bertz CT molecular complexity index is 931. The second kappa shape index (κ2) is 5.17. The van der Waals surface area contributed by atoms with Crippen LogP contribution in [0, 0.1) is 13.8 Å². The molecule has 2 bridgehead atoms. The highest BCUT2D eigenvalue weighted by molar-refractivity contribution is 5.90. The summed E-state index contributed by atoms with van der Waals surface area (Å²) >= 11 is 0. The number of rotatable bonds is 1. The van der Waals surface area contributed by atoms with Crippen LogP contribution in [0.1, 0.15) is 59.8 Å². The number of hydrogen-bond donors (Lipinski definition) is 0. The minimum atomic E-state index is 0.707. The second-order valence-corrected chi connectivity index (χ2v) is 7.66. The molecule has 2 aromatic carbocycles. The van der Waals surface area contributed by atoms with Crippen molar-refractivity contribution in [3.63, 3.8) is 0 Å². The Hall–Kier alpha value is -2.15. The van der Waals surface area contributed by atoms with Gasteiger partial charge in [0.2, 0.25) is 0 Å². The van der Waals surface area contributed by atoms with Gasteiger partial charge in [0.05, 0.1) is 11.2 Å². The molecule has 1 heteroatoms. The van der Waals surface area contributed by atoms with Crippen molar-refractivity contribution < 1.29 is 0 Å². The van der Waals surface area contributed by atoms with E-state index in [1.807, 2.05) is 0 Å². The average Bonchev–Trinajstić information content (AvgIpc) is 2.64. The quantitative estimate of drug-likeness (QED) is 0.515. The van der Waals surface area contributed by atoms with Crippen LogP contribution in [0.2, 0.25) is 0 Å². The second-order valence-electron chi connectivity index (χ2n) is 7.66. The summed E-state index contributed by atoms with van der Waals surface area (Å²) in [5, 5.41) is 1.42. The van der Waals surface area contributed by atoms with Gasteiger partial charge in [-0.3, -0.25) is 0 Å². The Morgan fingerprint density at radius 1 is 0.792 bits per heavy atom. The van der Waals surface area contributed by atoms with Crippen molar-refractivity contribution >= 4 is 10.9 Å². The zero-order valence-electron chi connectivity index (χ0n) is 14.5. The molecule has 3 aromatic rings. The molecular weight excluding hydrogens is 290 g/mol. The minimum absolute atomic E-state index is 0.707. The fraction of sp³-hybridized carbons (Fsp3) is 0.348. The average molecular weight is 313 g/mol.